The molecule has 72 valence electrons. The summed E-state index contributed by atoms with van der Waals surface area (Å²) in [5, 5.41) is 8.65. The Morgan fingerprint density at radius 2 is 1.58 bits per heavy atom. The molecule has 0 amide bonds. The van der Waals surface area contributed by atoms with E-state index in [2.05, 4.69) is 32.5 Å². The van der Waals surface area contributed by atoms with Crippen LogP contribution in [0.1, 0.15) is 27.2 Å². The third-order valence-corrected chi connectivity index (χ3v) is 8.05. The fraction of sp³-hybridized carbons (Fsp3) is 0.800. The molecule has 0 aliphatic heterocycles. The third-order valence-electron chi connectivity index (χ3n) is 2.88. The van der Waals surface area contributed by atoms with E-state index in [9.17, 15) is 0 Å². The molecule has 0 bridgehead atoms. The molecule has 0 aliphatic carbocycles. The van der Waals surface area contributed by atoms with Gasteiger partial charge in [-0.3, -0.25) is 0 Å². The zero-order chi connectivity index (χ0) is 9.45. The second-order valence-electron chi connectivity index (χ2n) is 3.34. The largest absolute Gasteiger partial charge is 0.396 e. The van der Waals surface area contributed by atoms with Crippen LogP contribution in [0.5, 0.6) is 0 Å². The van der Waals surface area contributed by atoms with Gasteiger partial charge in [-0.2, -0.15) is 0 Å². The van der Waals surface area contributed by atoms with E-state index in [1.165, 1.54) is 18.1 Å². The summed E-state index contributed by atoms with van der Waals surface area (Å²) in [6.45, 7) is 7.17. The smallest absolute Gasteiger partial charge is 0.0766 e. The molecule has 0 atom stereocenters. The lowest BCUT2D eigenvalue weighted by Crippen LogP contribution is -2.28. The first-order valence-electron chi connectivity index (χ1n) is 5.03. The highest BCUT2D eigenvalue weighted by Crippen LogP contribution is 2.21. The average Bonchev–Trinajstić information content (AvgIpc) is 2.14. The quantitative estimate of drug-likeness (QED) is 0.632. The van der Waals surface area contributed by atoms with Gasteiger partial charge in [0.05, 0.1) is 8.07 Å². The van der Waals surface area contributed by atoms with Crippen molar-refractivity contribution in [2.75, 3.05) is 6.61 Å². The predicted molar refractivity (Wildman–Crippen MR) is 58.0 cm³/mol. The molecular weight excluding hydrogens is 164 g/mol. The summed E-state index contributed by atoms with van der Waals surface area (Å²) in [6.07, 6.45) is 3.00. The second kappa shape index (κ2) is 6.43. The zero-order valence-electron chi connectivity index (χ0n) is 8.64. The molecule has 0 radical (unpaired) electrons. The van der Waals surface area contributed by atoms with E-state index < -0.39 is 8.07 Å². The lowest BCUT2D eigenvalue weighted by Gasteiger charge is -2.23. The normalized spacial score (nSPS) is 12.7. The molecular formula is C10H22OSi. The van der Waals surface area contributed by atoms with Gasteiger partial charge in [0.25, 0.3) is 0 Å². The van der Waals surface area contributed by atoms with Gasteiger partial charge in [0.1, 0.15) is 0 Å². The fourth-order valence-electron chi connectivity index (χ4n) is 1.51. The van der Waals surface area contributed by atoms with Crippen molar-refractivity contribution in [1.82, 2.24) is 0 Å². The van der Waals surface area contributed by atoms with Crippen molar-refractivity contribution in [2.24, 2.45) is 0 Å². The van der Waals surface area contributed by atoms with Crippen LogP contribution >= 0.6 is 0 Å². The molecule has 0 unspecified atom stereocenters. The van der Waals surface area contributed by atoms with Gasteiger partial charge in [-0.15, -0.1) is 0 Å². The van der Waals surface area contributed by atoms with Crippen LogP contribution in [0.15, 0.2) is 11.8 Å². The van der Waals surface area contributed by atoms with Crippen molar-refractivity contribution in [3.05, 3.63) is 11.8 Å². The van der Waals surface area contributed by atoms with Gasteiger partial charge in [0.2, 0.25) is 0 Å². The second-order valence-corrected chi connectivity index (χ2v) is 8.52. The molecule has 0 heterocycles. The molecule has 0 aromatic heterocycles. The summed E-state index contributed by atoms with van der Waals surface area (Å²) in [5.41, 5.74) is 2.42. The maximum atomic E-state index is 8.65. The van der Waals surface area contributed by atoms with E-state index in [0.29, 0.717) is 0 Å². The SMILES string of the molecule is CC[Si](C=CCCO)(CC)CC. The van der Waals surface area contributed by atoms with E-state index in [1.807, 2.05) is 0 Å². The Kier molecular flexibility index (Phi) is 6.39. The maximum absolute atomic E-state index is 8.65. The third kappa shape index (κ3) is 3.54. The van der Waals surface area contributed by atoms with E-state index >= 15 is 0 Å². The lowest BCUT2D eigenvalue weighted by atomic mass is 10.5. The molecule has 0 fully saturated rings. The summed E-state index contributed by atoms with van der Waals surface area (Å²) in [6, 6.07) is 4.01. The van der Waals surface area contributed by atoms with Crippen LogP contribution in [0, 0.1) is 0 Å². The van der Waals surface area contributed by atoms with Crippen molar-refractivity contribution in [3.63, 3.8) is 0 Å². The molecule has 0 aliphatic rings. The highest BCUT2D eigenvalue weighted by molar-refractivity contribution is 6.84. The Morgan fingerprint density at radius 1 is 1.08 bits per heavy atom. The minimum absolute atomic E-state index is 0.290. The van der Waals surface area contributed by atoms with Gasteiger partial charge >= 0.3 is 0 Å². The van der Waals surface area contributed by atoms with E-state index in [0.717, 1.165) is 6.42 Å². The summed E-state index contributed by atoms with van der Waals surface area (Å²) in [7, 11) is -1.05. The molecule has 0 spiro atoms. The first kappa shape index (κ1) is 11.9. The fourth-order valence-corrected chi connectivity index (χ4v) is 4.39. The first-order chi connectivity index (χ1) is 5.74. The Labute approximate surface area is 77.5 Å². The van der Waals surface area contributed by atoms with Gasteiger partial charge < -0.3 is 5.11 Å². The standard InChI is InChI=1S/C10H22OSi/c1-4-12(5-2,6-3)10-8-7-9-11/h8,10-11H,4-7,9H2,1-3H3. The molecule has 0 rings (SSSR count). The molecule has 1 N–H and O–H groups in total. The summed E-state index contributed by atoms with van der Waals surface area (Å²) >= 11 is 0. The Hall–Kier alpha value is -0.0831. The molecule has 0 aromatic rings. The maximum Gasteiger partial charge on any atom is 0.0766 e. The van der Waals surface area contributed by atoms with Crippen LogP contribution in [0.4, 0.5) is 0 Å². The Morgan fingerprint density at radius 3 is 1.92 bits per heavy atom. The van der Waals surface area contributed by atoms with Crippen molar-refractivity contribution in [2.45, 2.75) is 45.3 Å². The molecule has 0 saturated heterocycles. The Balaban J connectivity index is 4.09. The topological polar surface area (TPSA) is 20.2 Å². The number of aliphatic hydroxyl groups excluding tert-OH is 1. The van der Waals surface area contributed by atoms with Crippen LogP contribution in [0.3, 0.4) is 0 Å². The monoisotopic (exact) mass is 186 g/mol. The van der Waals surface area contributed by atoms with E-state index in [1.54, 1.807) is 0 Å². The predicted octanol–water partition coefficient (Wildman–Crippen LogP) is 2.97. The van der Waals surface area contributed by atoms with Gasteiger partial charge in [-0.25, -0.2) is 0 Å². The van der Waals surface area contributed by atoms with Crippen LogP contribution in [-0.4, -0.2) is 19.8 Å². The van der Waals surface area contributed by atoms with Crippen LogP contribution in [0.2, 0.25) is 18.1 Å². The van der Waals surface area contributed by atoms with Gasteiger partial charge in [0, 0.05) is 6.61 Å². The Bertz CT molecular complexity index is 120. The number of hydrogen-bond donors (Lipinski definition) is 1. The summed E-state index contributed by atoms with van der Waals surface area (Å²) < 4.78 is 0. The minimum atomic E-state index is -1.05. The number of hydrogen-bond acceptors (Lipinski definition) is 1. The summed E-state index contributed by atoms with van der Waals surface area (Å²) in [5.74, 6) is 0. The van der Waals surface area contributed by atoms with E-state index in [-0.39, 0.29) is 6.61 Å². The number of aliphatic hydroxyl groups is 1. The molecule has 0 aromatic carbocycles. The molecule has 1 nitrogen and oxygen atoms in total. The molecule has 2 heteroatoms. The van der Waals surface area contributed by atoms with Crippen molar-refractivity contribution < 1.29 is 5.11 Å². The van der Waals surface area contributed by atoms with Gasteiger partial charge in [-0.05, 0) is 6.42 Å². The van der Waals surface area contributed by atoms with E-state index in [4.69, 9.17) is 5.11 Å². The zero-order valence-corrected chi connectivity index (χ0v) is 9.64. The molecule has 0 saturated carbocycles. The van der Waals surface area contributed by atoms with Gasteiger partial charge in [-0.1, -0.05) is 50.7 Å². The highest BCUT2D eigenvalue weighted by atomic mass is 28.3. The van der Waals surface area contributed by atoms with Crippen molar-refractivity contribution in [1.29, 1.82) is 0 Å². The van der Waals surface area contributed by atoms with Crippen LogP contribution in [-0.2, 0) is 0 Å². The minimum Gasteiger partial charge on any atom is -0.396 e. The first-order valence-corrected chi connectivity index (χ1v) is 7.73. The lowest BCUT2D eigenvalue weighted by molar-refractivity contribution is 0.302. The number of rotatable bonds is 6. The van der Waals surface area contributed by atoms with Crippen LogP contribution in [0.25, 0.3) is 0 Å². The van der Waals surface area contributed by atoms with Gasteiger partial charge in [0.15, 0.2) is 0 Å². The summed E-state index contributed by atoms with van der Waals surface area (Å²) in [4.78, 5) is 0. The van der Waals surface area contributed by atoms with Crippen molar-refractivity contribution in [3.8, 4) is 0 Å². The highest BCUT2D eigenvalue weighted by Gasteiger charge is 2.22. The van der Waals surface area contributed by atoms with Crippen LogP contribution < -0.4 is 0 Å². The van der Waals surface area contributed by atoms with Crippen molar-refractivity contribution >= 4 is 8.07 Å². The molecule has 12 heavy (non-hydrogen) atoms. The average molecular weight is 186 g/mol.